The van der Waals surface area contributed by atoms with Crippen molar-refractivity contribution in [2.45, 2.75) is 13.5 Å². The van der Waals surface area contributed by atoms with E-state index in [1.807, 2.05) is 0 Å². The van der Waals surface area contributed by atoms with Crippen LogP contribution in [0.4, 0.5) is 0 Å². The van der Waals surface area contributed by atoms with E-state index in [9.17, 15) is 0 Å². The average molecular weight is 255 g/mol. The maximum absolute atomic E-state index is 5.20. The predicted molar refractivity (Wildman–Crippen MR) is 67.9 cm³/mol. The lowest BCUT2D eigenvalue weighted by molar-refractivity contribution is 0.158. The molecular weight excluding hydrogens is 234 g/mol. The van der Waals surface area contributed by atoms with E-state index in [4.69, 9.17) is 14.2 Å². The Morgan fingerprint density at radius 3 is 2.28 bits per heavy atom. The first-order valence-corrected chi connectivity index (χ1v) is 5.84. The minimum atomic E-state index is 0.441. The van der Waals surface area contributed by atoms with Crippen LogP contribution in [0.1, 0.15) is 12.5 Å². The van der Waals surface area contributed by atoms with Gasteiger partial charge in [0, 0.05) is 26.8 Å². The van der Waals surface area contributed by atoms with Crippen molar-refractivity contribution < 1.29 is 14.2 Å². The van der Waals surface area contributed by atoms with E-state index >= 15 is 0 Å². The first-order valence-electron chi connectivity index (χ1n) is 5.84. The van der Waals surface area contributed by atoms with Gasteiger partial charge in [-0.2, -0.15) is 0 Å². The average Bonchev–Trinajstić information content (AvgIpc) is 2.39. The molecule has 0 aromatic carbocycles. The Bertz CT molecular complexity index is 338. The molecule has 0 saturated heterocycles. The van der Waals surface area contributed by atoms with Gasteiger partial charge in [-0.1, -0.05) is 6.92 Å². The van der Waals surface area contributed by atoms with Crippen molar-refractivity contribution in [1.29, 1.82) is 0 Å². The molecule has 0 bridgehead atoms. The zero-order valence-corrected chi connectivity index (χ0v) is 11.4. The van der Waals surface area contributed by atoms with Crippen LogP contribution < -0.4 is 14.8 Å². The van der Waals surface area contributed by atoms with Crippen LogP contribution in [0.2, 0.25) is 0 Å². The molecule has 1 heterocycles. The minimum Gasteiger partial charge on any atom is -0.481 e. The Labute approximate surface area is 108 Å². The van der Waals surface area contributed by atoms with Crippen LogP contribution >= 0.6 is 0 Å². The summed E-state index contributed by atoms with van der Waals surface area (Å²) in [6.45, 7) is 4.29. The zero-order valence-electron chi connectivity index (χ0n) is 11.4. The number of hydrogen-bond acceptors (Lipinski definition) is 6. The van der Waals surface area contributed by atoms with E-state index in [-0.39, 0.29) is 0 Å². The standard InChI is InChI=1S/C12H21N3O3/c1-9(7-16-2)5-13-6-10-11(17-3)14-8-15-12(10)18-4/h8-9,13H,5-7H2,1-4H3. The molecule has 1 N–H and O–H groups in total. The van der Waals surface area contributed by atoms with Gasteiger partial charge in [0.2, 0.25) is 11.8 Å². The molecule has 1 rings (SSSR count). The summed E-state index contributed by atoms with van der Waals surface area (Å²) in [5, 5.41) is 3.32. The van der Waals surface area contributed by atoms with Crippen LogP contribution in [0.15, 0.2) is 6.33 Å². The van der Waals surface area contributed by atoms with Gasteiger partial charge in [0.25, 0.3) is 0 Å². The summed E-state index contributed by atoms with van der Waals surface area (Å²) in [4.78, 5) is 8.12. The molecule has 1 aromatic rings. The maximum Gasteiger partial charge on any atom is 0.224 e. The van der Waals surface area contributed by atoms with E-state index in [1.54, 1.807) is 21.3 Å². The van der Waals surface area contributed by atoms with Crippen molar-refractivity contribution >= 4 is 0 Å². The first kappa shape index (κ1) is 14.7. The molecule has 0 fully saturated rings. The van der Waals surface area contributed by atoms with E-state index in [0.717, 1.165) is 18.7 Å². The van der Waals surface area contributed by atoms with E-state index in [2.05, 4.69) is 22.2 Å². The summed E-state index contributed by atoms with van der Waals surface area (Å²) < 4.78 is 15.5. The Hall–Kier alpha value is -1.40. The fourth-order valence-electron chi connectivity index (χ4n) is 1.67. The quantitative estimate of drug-likeness (QED) is 0.743. The molecule has 6 heteroatoms. The van der Waals surface area contributed by atoms with Crippen molar-refractivity contribution in [3.8, 4) is 11.8 Å². The van der Waals surface area contributed by atoms with Crippen LogP contribution in [0.3, 0.4) is 0 Å². The van der Waals surface area contributed by atoms with Gasteiger partial charge < -0.3 is 19.5 Å². The fourth-order valence-corrected chi connectivity index (χ4v) is 1.67. The highest BCUT2D eigenvalue weighted by atomic mass is 16.5. The molecule has 0 aliphatic rings. The van der Waals surface area contributed by atoms with Gasteiger partial charge in [-0.05, 0) is 5.92 Å². The molecule has 1 unspecified atom stereocenters. The summed E-state index contributed by atoms with van der Waals surface area (Å²) >= 11 is 0. The van der Waals surface area contributed by atoms with Gasteiger partial charge in [0.05, 0.1) is 19.8 Å². The molecule has 0 aliphatic carbocycles. The number of rotatable bonds is 8. The first-order chi connectivity index (χ1) is 8.72. The molecule has 0 amide bonds. The second-order valence-electron chi connectivity index (χ2n) is 4.06. The second kappa shape index (κ2) is 7.84. The van der Waals surface area contributed by atoms with Crippen LogP contribution in [0, 0.1) is 5.92 Å². The third-order valence-corrected chi connectivity index (χ3v) is 2.50. The smallest absolute Gasteiger partial charge is 0.224 e. The van der Waals surface area contributed by atoms with E-state index in [0.29, 0.717) is 24.2 Å². The van der Waals surface area contributed by atoms with Gasteiger partial charge in [-0.25, -0.2) is 9.97 Å². The third-order valence-electron chi connectivity index (χ3n) is 2.50. The Morgan fingerprint density at radius 2 is 1.78 bits per heavy atom. The van der Waals surface area contributed by atoms with Crippen LogP contribution in [0.25, 0.3) is 0 Å². The molecule has 0 aliphatic heterocycles. The fraction of sp³-hybridized carbons (Fsp3) is 0.667. The van der Waals surface area contributed by atoms with Gasteiger partial charge in [0.15, 0.2) is 0 Å². The molecular formula is C12H21N3O3. The molecule has 6 nitrogen and oxygen atoms in total. The predicted octanol–water partition coefficient (Wildman–Crippen LogP) is 0.866. The minimum absolute atomic E-state index is 0.441. The second-order valence-corrected chi connectivity index (χ2v) is 4.06. The lowest BCUT2D eigenvalue weighted by atomic mass is 10.2. The Kier molecular flexibility index (Phi) is 6.38. The Balaban J connectivity index is 2.60. The summed E-state index contributed by atoms with van der Waals surface area (Å²) in [7, 11) is 4.87. The van der Waals surface area contributed by atoms with Crippen molar-refractivity contribution in [3.05, 3.63) is 11.9 Å². The lowest BCUT2D eigenvalue weighted by Crippen LogP contribution is -2.24. The number of aromatic nitrogens is 2. The van der Waals surface area contributed by atoms with Crippen LogP contribution in [-0.2, 0) is 11.3 Å². The summed E-state index contributed by atoms with van der Waals surface area (Å²) in [5.74, 6) is 1.51. The topological polar surface area (TPSA) is 65.5 Å². The normalized spacial score (nSPS) is 12.2. The highest BCUT2D eigenvalue weighted by molar-refractivity contribution is 5.34. The van der Waals surface area contributed by atoms with Crippen molar-refractivity contribution in [2.75, 3.05) is 34.5 Å². The maximum atomic E-state index is 5.20. The number of hydrogen-bond donors (Lipinski definition) is 1. The zero-order chi connectivity index (χ0) is 13.4. The number of methoxy groups -OCH3 is 3. The Morgan fingerprint density at radius 1 is 1.17 bits per heavy atom. The van der Waals surface area contributed by atoms with E-state index in [1.165, 1.54) is 6.33 Å². The summed E-state index contributed by atoms with van der Waals surface area (Å²) in [6.07, 6.45) is 1.43. The van der Waals surface area contributed by atoms with Crippen LogP contribution in [0.5, 0.6) is 11.8 Å². The summed E-state index contributed by atoms with van der Waals surface area (Å²) in [5.41, 5.74) is 0.826. The highest BCUT2D eigenvalue weighted by Gasteiger charge is 2.12. The van der Waals surface area contributed by atoms with Gasteiger partial charge >= 0.3 is 0 Å². The number of nitrogens with zero attached hydrogens (tertiary/aromatic N) is 2. The monoisotopic (exact) mass is 255 g/mol. The molecule has 0 radical (unpaired) electrons. The van der Waals surface area contributed by atoms with Crippen molar-refractivity contribution in [3.63, 3.8) is 0 Å². The molecule has 0 spiro atoms. The third kappa shape index (κ3) is 4.12. The van der Waals surface area contributed by atoms with Crippen molar-refractivity contribution in [1.82, 2.24) is 15.3 Å². The molecule has 1 atom stereocenters. The molecule has 102 valence electrons. The number of ether oxygens (including phenoxy) is 3. The van der Waals surface area contributed by atoms with Gasteiger partial charge in [0.1, 0.15) is 6.33 Å². The van der Waals surface area contributed by atoms with Gasteiger partial charge in [-0.3, -0.25) is 0 Å². The largest absolute Gasteiger partial charge is 0.481 e. The van der Waals surface area contributed by atoms with Crippen LogP contribution in [-0.4, -0.2) is 44.4 Å². The lowest BCUT2D eigenvalue weighted by Gasteiger charge is -2.14. The molecule has 1 aromatic heterocycles. The molecule has 0 saturated carbocycles. The molecule has 18 heavy (non-hydrogen) atoms. The SMILES string of the molecule is COCC(C)CNCc1c(OC)ncnc1OC. The highest BCUT2D eigenvalue weighted by Crippen LogP contribution is 2.22. The number of nitrogens with one attached hydrogen (secondary N) is 1. The van der Waals surface area contributed by atoms with Crippen molar-refractivity contribution in [2.24, 2.45) is 5.92 Å². The summed E-state index contributed by atoms with van der Waals surface area (Å²) in [6, 6.07) is 0. The van der Waals surface area contributed by atoms with E-state index < -0.39 is 0 Å². The van der Waals surface area contributed by atoms with Gasteiger partial charge in [-0.15, -0.1) is 0 Å².